The molecular formula is C15H22Cl2N2O3. The van der Waals surface area contributed by atoms with E-state index in [4.69, 9.17) is 27.9 Å². The van der Waals surface area contributed by atoms with Crippen molar-refractivity contribution in [3.8, 4) is 0 Å². The molecule has 1 unspecified atom stereocenters. The van der Waals surface area contributed by atoms with Gasteiger partial charge >= 0.3 is 0 Å². The molecule has 22 heavy (non-hydrogen) atoms. The second kappa shape index (κ2) is 5.84. The Bertz CT molecular complexity index is 471. The molecular weight excluding hydrogens is 327 g/mol. The molecule has 3 fully saturated rings. The molecule has 2 heterocycles. The highest BCUT2D eigenvalue weighted by atomic mass is 35.5. The SMILES string of the molecule is CC1(C(=O)N2CCC(C(=O)N3CCOCC3)CC2)CC1(Cl)Cl. The van der Waals surface area contributed by atoms with Crippen molar-refractivity contribution in [2.75, 3.05) is 39.4 Å². The molecule has 2 amide bonds. The van der Waals surface area contributed by atoms with Crippen molar-refractivity contribution in [1.29, 1.82) is 0 Å². The fourth-order valence-electron chi connectivity index (χ4n) is 3.35. The number of morpholine rings is 1. The minimum absolute atomic E-state index is 0.0194. The summed E-state index contributed by atoms with van der Waals surface area (Å²) in [5.41, 5.74) is -0.656. The Kier molecular flexibility index (Phi) is 4.34. The van der Waals surface area contributed by atoms with Crippen molar-refractivity contribution in [3.05, 3.63) is 0 Å². The highest BCUT2D eigenvalue weighted by molar-refractivity contribution is 6.53. The lowest BCUT2D eigenvalue weighted by Gasteiger charge is -2.36. The first kappa shape index (κ1) is 16.3. The lowest BCUT2D eigenvalue weighted by molar-refractivity contribution is -0.145. The normalized spacial score (nSPS) is 32.0. The van der Waals surface area contributed by atoms with E-state index in [1.54, 1.807) is 0 Å². The molecule has 0 aromatic rings. The van der Waals surface area contributed by atoms with E-state index in [2.05, 4.69) is 0 Å². The van der Waals surface area contributed by atoms with Gasteiger partial charge in [-0.15, -0.1) is 23.2 Å². The lowest BCUT2D eigenvalue weighted by Crippen LogP contribution is -2.49. The van der Waals surface area contributed by atoms with Crippen molar-refractivity contribution >= 4 is 35.0 Å². The first-order valence-corrected chi connectivity index (χ1v) is 8.64. The van der Waals surface area contributed by atoms with Gasteiger partial charge in [-0.05, 0) is 26.2 Å². The van der Waals surface area contributed by atoms with Gasteiger partial charge in [0.25, 0.3) is 0 Å². The second-order valence-electron chi connectivity index (χ2n) is 6.72. The number of hydrogen-bond acceptors (Lipinski definition) is 3. The molecule has 5 nitrogen and oxygen atoms in total. The molecule has 3 rings (SSSR count). The van der Waals surface area contributed by atoms with Gasteiger partial charge in [0.1, 0.15) is 4.33 Å². The van der Waals surface area contributed by atoms with Gasteiger partial charge in [0.15, 0.2) is 0 Å². The Hall–Kier alpha value is -0.520. The van der Waals surface area contributed by atoms with Crippen LogP contribution in [0.15, 0.2) is 0 Å². The summed E-state index contributed by atoms with van der Waals surface area (Å²) in [4.78, 5) is 28.7. The van der Waals surface area contributed by atoms with Gasteiger partial charge in [0.05, 0.1) is 18.6 Å². The summed E-state index contributed by atoms with van der Waals surface area (Å²) < 4.78 is 4.35. The van der Waals surface area contributed by atoms with E-state index in [1.165, 1.54) is 0 Å². The molecule has 2 saturated heterocycles. The van der Waals surface area contributed by atoms with Gasteiger partial charge in [-0.25, -0.2) is 0 Å². The largest absolute Gasteiger partial charge is 0.378 e. The fraction of sp³-hybridized carbons (Fsp3) is 0.867. The summed E-state index contributed by atoms with van der Waals surface area (Å²) in [7, 11) is 0. The van der Waals surface area contributed by atoms with Gasteiger partial charge in [-0.2, -0.15) is 0 Å². The second-order valence-corrected chi connectivity index (χ2v) is 8.20. The van der Waals surface area contributed by atoms with E-state index in [1.807, 2.05) is 16.7 Å². The highest BCUT2D eigenvalue weighted by Crippen LogP contribution is 2.64. The number of nitrogens with zero attached hydrogens (tertiary/aromatic N) is 2. The number of halogens is 2. The predicted molar refractivity (Wildman–Crippen MR) is 83.9 cm³/mol. The summed E-state index contributed by atoms with van der Waals surface area (Å²) in [5.74, 6) is 0.248. The van der Waals surface area contributed by atoms with Crippen molar-refractivity contribution in [2.45, 2.75) is 30.5 Å². The molecule has 2 aliphatic heterocycles. The average Bonchev–Trinajstić information content (AvgIpc) is 3.06. The number of alkyl halides is 2. The van der Waals surface area contributed by atoms with Gasteiger partial charge < -0.3 is 14.5 Å². The molecule has 0 spiro atoms. The van der Waals surface area contributed by atoms with Crippen LogP contribution in [0.25, 0.3) is 0 Å². The molecule has 124 valence electrons. The number of rotatable bonds is 2. The summed E-state index contributed by atoms with van der Waals surface area (Å²) in [5, 5.41) is 0. The van der Waals surface area contributed by atoms with Gasteiger partial charge in [-0.1, -0.05) is 0 Å². The number of hydrogen-bond donors (Lipinski definition) is 0. The maximum Gasteiger partial charge on any atom is 0.231 e. The third-order valence-corrected chi connectivity index (χ3v) is 6.29. The third kappa shape index (κ3) is 2.83. The molecule has 0 aromatic carbocycles. The summed E-state index contributed by atoms with van der Waals surface area (Å²) in [6.45, 7) is 5.64. The Balaban J connectivity index is 1.52. The number of amides is 2. The molecule has 7 heteroatoms. The summed E-state index contributed by atoms with van der Waals surface area (Å²) in [6.07, 6.45) is 1.94. The van der Waals surface area contributed by atoms with Crippen LogP contribution in [-0.2, 0) is 14.3 Å². The Morgan fingerprint density at radius 2 is 1.59 bits per heavy atom. The molecule has 3 aliphatic rings. The third-order valence-electron chi connectivity index (χ3n) is 5.18. The number of ether oxygens (including phenoxy) is 1. The Morgan fingerprint density at radius 3 is 2.09 bits per heavy atom. The highest BCUT2D eigenvalue weighted by Gasteiger charge is 2.68. The topological polar surface area (TPSA) is 49.9 Å². The molecule has 0 radical (unpaired) electrons. The number of piperidine rings is 1. The predicted octanol–water partition coefficient (Wildman–Crippen LogP) is 1.67. The minimum atomic E-state index is -0.926. The van der Waals surface area contributed by atoms with Crippen LogP contribution in [-0.4, -0.2) is 65.3 Å². The minimum Gasteiger partial charge on any atom is -0.378 e. The van der Waals surface area contributed by atoms with Crippen molar-refractivity contribution in [2.24, 2.45) is 11.3 Å². The zero-order valence-corrected chi connectivity index (χ0v) is 14.3. The maximum atomic E-state index is 12.5. The van der Waals surface area contributed by atoms with E-state index in [0.29, 0.717) is 45.8 Å². The molecule has 0 aromatic heterocycles. The van der Waals surface area contributed by atoms with E-state index in [-0.39, 0.29) is 17.7 Å². The van der Waals surface area contributed by atoms with E-state index in [0.717, 1.165) is 12.8 Å². The number of likely N-dealkylation sites (tertiary alicyclic amines) is 1. The smallest absolute Gasteiger partial charge is 0.231 e. The van der Waals surface area contributed by atoms with Gasteiger partial charge in [0.2, 0.25) is 11.8 Å². The van der Waals surface area contributed by atoms with Crippen LogP contribution in [0.2, 0.25) is 0 Å². The van der Waals surface area contributed by atoms with Crippen LogP contribution in [0.4, 0.5) is 0 Å². The van der Waals surface area contributed by atoms with Crippen LogP contribution in [0.3, 0.4) is 0 Å². The van der Waals surface area contributed by atoms with Crippen molar-refractivity contribution in [1.82, 2.24) is 9.80 Å². The van der Waals surface area contributed by atoms with Gasteiger partial charge in [-0.3, -0.25) is 9.59 Å². The van der Waals surface area contributed by atoms with Crippen molar-refractivity contribution < 1.29 is 14.3 Å². The number of carbonyl (C=O) groups is 2. The van der Waals surface area contributed by atoms with Crippen LogP contribution in [0.5, 0.6) is 0 Å². The summed E-state index contributed by atoms with van der Waals surface area (Å²) >= 11 is 12.2. The lowest BCUT2D eigenvalue weighted by atomic mass is 9.94. The molecule has 1 atom stereocenters. The zero-order chi connectivity index (χ0) is 16.0. The monoisotopic (exact) mass is 348 g/mol. The van der Waals surface area contributed by atoms with Crippen LogP contribution in [0.1, 0.15) is 26.2 Å². The van der Waals surface area contributed by atoms with Crippen LogP contribution >= 0.6 is 23.2 Å². The van der Waals surface area contributed by atoms with E-state index < -0.39 is 9.75 Å². The molecule has 1 aliphatic carbocycles. The van der Waals surface area contributed by atoms with Crippen molar-refractivity contribution in [3.63, 3.8) is 0 Å². The molecule has 0 N–H and O–H groups in total. The Morgan fingerprint density at radius 1 is 1.05 bits per heavy atom. The number of carbonyl (C=O) groups excluding carboxylic acids is 2. The van der Waals surface area contributed by atoms with Crippen LogP contribution < -0.4 is 0 Å². The average molecular weight is 349 g/mol. The molecule has 1 saturated carbocycles. The maximum absolute atomic E-state index is 12.5. The molecule has 0 bridgehead atoms. The Labute approximate surface area is 140 Å². The first-order valence-electron chi connectivity index (χ1n) is 7.89. The quantitative estimate of drug-likeness (QED) is 0.713. The van der Waals surface area contributed by atoms with E-state index >= 15 is 0 Å². The van der Waals surface area contributed by atoms with Crippen LogP contribution in [0, 0.1) is 11.3 Å². The first-order chi connectivity index (χ1) is 10.3. The van der Waals surface area contributed by atoms with Gasteiger partial charge in [0, 0.05) is 32.1 Å². The van der Waals surface area contributed by atoms with E-state index in [9.17, 15) is 9.59 Å². The zero-order valence-electron chi connectivity index (χ0n) is 12.8. The summed E-state index contributed by atoms with van der Waals surface area (Å²) in [6, 6.07) is 0. The standard InChI is InChI=1S/C15H22Cl2N2O3/c1-14(10-15(14,16)17)13(21)19-4-2-11(3-5-19)12(20)18-6-8-22-9-7-18/h11H,2-10H2,1H3. The fourth-order valence-corrected chi connectivity index (χ4v) is 4.05.